The van der Waals surface area contributed by atoms with Crippen molar-refractivity contribution in [2.75, 3.05) is 45.9 Å². The monoisotopic (exact) mass is 266 g/mol. The summed E-state index contributed by atoms with van der Waals surface area (Å²) in [6.45, 7) is 10.4. The van der Waals surface area contributed by atoms with Crippen LogP contribution in [0.4, 0.5) is 0 Å². The second-order valence-corrected chi connectivity index (χ2v) is 5.22. The average Bonchev–Trinajstić information content (AvgIpc) is 2.48. The third-order valence-electron chi connectivity index (χ3n) is 4.02. The summed E-state index contributed by atoms with van der Waals surface area (Å²) < 4.78 is 5.80. The largest absolute Gasteiger partial charge is 0.487 e. The topological polar surface area (TPSA) is 38.3 Å². The number of ether oxygens (including phenoxy) is 1. The number of piperazine rings is 1. The van der Waals surface area contributed by atoms with E-state index >= 15 is 0 Å². The van der Waals surface area contributed by atoms with E-state index in [1.54, 1.807) is 9.80 Å². The predicted octanol–water partition coefficient (Wildman–Crippen LogP) is -1.64. The van der Waals surface area contributed by atoms with Gasteiger partial charge in [0.2, 0.25) is 0 Å². The van der Waals surface area contributed by atoms with Gasteiger partial charge in [0, 0.05) is 5.56 Å². The molecule has 0 atom stereocenters. The third kappa shape index (κ3) is 4.20. The lowest BCUT2D eigenvalue weighted by molar-refractivity contribution is -1.01. The lowest BCUT2D eigenvalue weighted by Crippen LogP contribution is -3.28. The SMILES string of the molecule is CC[NH+]1CC[NH+](CCOc2ccccc2CO)CC1. The van der Waals surface area contributed by atoms with Crippen LogP contribution in [0, 0.1) is 0 Å². The number of nitrogens with one attached hydrogen (secondary N) is 2. The molecule has 19 heavy (non-hydrogen) atoms. The van der Waals surface area contributed by atoms with Crippen LogP contribution in [0.3, 0.4) is 0 Å². The fraction of sp³-hybridized carbons (Fsp3) is 0.600. The smallest absolute Gasteiger partial charge is 0.137 e. The van der Waals surface area contributed by atoms with E-state index in [1.807, 2.05) is 24.3 Å². The highest BCUT2D eigenvalue weighted by molar-refractivity contribution is 5.32. The fourth-order valence-electron chi connectivity index (χ4n) is 2.64. The number of hydrogen-bond donors (Lipinski definition) is 3. The van der Waals surface area contributed by atoms with E-state index < -0.39 is 0 Å². The summed E-state index contributed by atoms with van der Waals surface area (Å²) in [6.07, 6.45) is 0. The van der Waals surface area contributed by atoms with Gasteiger partial charge in [-0.2, -0.15) is 0 Å². The zero-order valence-corrected chi connectivity index (χ0v) is 11.8. The molecule has 1 heterocycles. The molecule has 0 bridgehead atoms. The quantitative estimate of drug-likeness (QED) is 0.578. The molecule has 3 N–H and O–H groups in total. The Morgan fingerprint density at radius 2 is 1.79 bits per heavy atom. The molecule has 1 aliphatic heterocycles. The van der Waals surface area contributed by atoms with Gasteiger partial charge < -0.3 is 19.6 Å². The van der Waals surface area contributed by atoms with Gasteiger partial charge in [0.25, 0.3) is 0 Å². The minimum absolute atomic E-state index is 0.0432. The van der Waals surface area contributed by atoms with E-state index in [-0.39, 0.29) is 6.61 Å². The maximum atomic E-state index is 9.23. The zero-order valence-electron chi connectivity index (χ0n) is 11.8. The van der Waals surface area contributed by atoms with E-state index in [0.717, 1.165) is 24.5 Å². The zero-order chi connectivity index (χ0) is 13.5. The Hall–Kier alpha value is -1.10. The van der Waals surface area contributed by atoms with Gasteiger partial charge in [-0.05, 0) is 13.0 Å². The van der Waals surface area contributed by atoms with Crippen molar-refractivity contribution in [3.8, 4) is 5.75 Å². The van der Waals surface area contributed by atoms with Crippen LogP contribution >= 0.6 is 0 Å². The number of hydrogen-bond acceptors (Lipinski definition) is 2. The first-order valence-electron chi connectivity index (χ1n) is 7.32. The Morgan fingerprint density at radius 3 is 2.47 bits per heavy atom. The lowest BCUT2D eigenvalue weighted by atomic mass is 10.2. The van der Waals surface area contributed by atoms with Crippen LogP contribution in [0.25, 0.3) is 0 Å². The Labute approximate surface area is 115 Å². The minimum Gasteiger partial charge on any atom is -0.487 e. The van der Waals surface area contributed by atoms with Crippen LogP contribution < -0.4 is 14.5 Å². The Bertz CT molecular complexity index is 376. The summed E-state index contributed by atoms with van der Waals surface area (Å²) in [6, 6.07) is 7.72. The van der Waals surface area contributed by atoms with Crippen molar-refractivity contribution in [3.63, 3.8) is 0 Å². The summed E-state index contributed by atoms with van der Waals surface area (Å²) in [5.74, 6) is 0.821. The molecule has 0 aromatic heterocycles. The van der Waals surface area contributed by atoms with Crippen LogP contribution in [-0.4, -0.2) is 51.0 Å². The van der Waals surface area contributed by atoms with E-state index in [9.17, 15) is 5.11 Å². The molecule has 0 amide bonds. The second-order valence-electron chi connectivity index (χ2n) is 5.22. The summed E-state index contributed by atoms with van der Waals surface area (Å²) in [4.78, 5) is 3.36. The van der Waals surface area contributed by atoms with Crippen LogP contribution in [0.5, 0.6) is 5.75 Å². The third-order valence-corrected chi connectivity index (χ3v) is 4.02. The molecule has 1 saturated heterocycles. The van der Waals surface area contributed by atoms with Crippen molar-refractivity contribution in [1.29, 1.82) is 0 Å². The standard InChI is InChI=1S/C15H24N2O2/c1-2-16-7-9-17(10-8-16)11-12-19-15-6-4-3-5-14(15)13-18/h3-6,18H,2,7-13H2,1H3/p+2. The van der Waals surface area contributed by atoms with Gasteiger partial charge in [0.05, 0.1) is 13.2 Å². The predicted molar refractivity (Wildman–Crippen MR) is 74.7 cm³/mol. The highest BCUT2D eigenvalue weighted by Gasteiger charge is 2.21. The number of aliphatic hydroxyl groups is 1. The molecule has 1 aromatic carbocycles. The molecular weight excluding hydrogens is 240 g/mol. The molecule has 0 aliphatic carbocycles. The molecule has 1 fully saturated rings. The van der Waals surface area contributed by atoms with Crippen LogP contribution in [-0.2, 0) is 6.61 Å². The molecule has 0 radical (unpaired) electrons. The van der Waals surface area contributed by atoms with Crippen molar-refractivity contribution in [1.82, 2.24) is 0 Å². The van der Waals surface area contributed by atoms with Crippen molar-refractivity contribution < 1.29 is 19.6 Å². The van der Waals surface area contributed by atoms with Gasteiger partial charge in [-0.15, -0.1) is 0 Å². The first-order valence-corrected chi connectivity index (χ1v) is 7.32. The van der Waals surface area contributed by atoms with E-state index in [4.69, 9.17) is 4.74 Å². The average molecular weight is 266 g/mol. The fourth-order valence-corrected chi connectivity index (χ4v) is 2.64. The Kier molecular flexibility index (Phi) is 5.63. The maximum Gasteiger partial charge on any atom is 0.137 e. The van der Waals surface area contributed by atoms with Gasteiger partial charge in [-0.1, -0.05) is 18.2 Å². The summed E-state index contributed by atoms with van der Waals surface area (Å²) in [5.41, 5.74) is 0.873. The summed E-state index contributed by atoms with van der Waals surface area (Å²) in [7, 11) is 0. The molecule has 0 unspecified atom stereocenters. The first kappa shape index (κ1) is 14.3. The van der Waals surface area contributed by atoms with Gasteiger partial charge >= 0.3 is 0 Å². The number of para-hydroxylation sites is 1. The highest BCUT2D eigenvalue weighted by Crippen LogP contribution is 2.16. The van der Waals surface area contributed by atoms with Crippen molar-refractivity contribution >= 4 is 0 Å². The van der Waals surface area contributed by atoms with Gasteiger partial charge in [0.1, 0.15) is 45.1 Å². The van der Waals surface area contributed by atoms with Crippen LogP contribution in [0.1, 0.15) is 12.5 Å². The number of quaternary nitrogens is 2. The molecule has 4 heteroatoms. The summed E-state index contributed by atoms with van der Waals surface area (Å²) in [5, 5.41) is 9.23. The molecule has 0 saturated carbocycles. The van der Waals surface area contributed by atoms with E-state index in [1.165, 1.54) is 32.7 Å². The minimum atomic E-state index is 0.0432. The highest BCUT2D eigenvalue weighted by atomic mass is 16.5. The number of aliphatic hydroxyl groups excluding tert-OH is 1. The second kappa shape index (κ2) is 7.48. The number of benzene rings is 1. The first-order chi connectivity index (χ1) is 9.33. The van der Waals surface area contributed by atoms with Gasteiger partial charge in [-0.3, -0.25) is 0 Å². The normalized spacial score (nSPS) is 23.3. The Balaban J connectivity index is 1.72. The van der Waals surface area contributed by atoms with Crippen LogP contribution in [0.15, 0.2) is 24.3 Å². The number of likely N-dealkylation sites (N-methyl/N-ethyl adjacent to an activating group) is 1. The molecule has 106 valence electrons. The van der Waals surface area contributed by atoms with Gasteiger partial charge in [-0.25, -0.2) is 0 Å². The molecule has 1 aromatic rings. The molecule has 4 nitrogen and oxygen atoms in total. The lowest BCUT2D eigenvalue weighted by Gasteiger charge is -2.28. The number of rotatable bonds is 6. The summed E-state index contributed by atoms with van der Waals surface area (Å²) >= 11 is 0. The van der Waals surface area contributed by atoms with E-state index in [2.05, 4.69) is 6.92 Å². The van der Waals surface area contributed by atoms with Crippen molar-refractivity contribution in [2.45, 2.75) is 13.5 Å². The van der Waals surface area contributed by atoms with E-state index in [0.29, 0.717) is 0 Å². The maximum absolute atomic E-state index is 9.23. The van der Waals surface area contributed by atoms with Crippen molar-refractivity contribution in [3.05, 3.63) is 29.8 Å². The molecular formula is C15H26N2O2+2. The molecule has 2 rings (SSSR count). The Morgan fingerprint density at radius 1 is 1.11 bits per heavy atom. The molecule has 1 aliphatic rings. The molecule has 0 spiro atoms. The van der Waals surface area contributed by atoms with Crippen molar-refractivity contribution in [2.24, 2.45) is 0 Å². The van der Waals surface area contributed by atoms with Gasteiger partial charge in [0.15, 0.2) is 0 Å². The van der Waals surface area contributed by atoms with Crippen LogP contribution in [0.2, 0.25) is 0 Å².